The van der Waals surface area contributed by atoms with Crippen LogP contribution in [0.3, 0.4) is 0 Å². The Morgan fingerprint density at radius 3 is 3.12 bits per heavy atom. The van der Waals surface area contributed by atoms with E-state index in [-0.39, 0.29) is 6.61 Å². The van der Waals surface area contributed by atoms with Gasteiger partial charge in [-0.2, -0.15) is 0 Å². The van der Waals surface area contributed by atoms with E-state index in [1.54, 1.807) is 0 Å². The molecule has 0 amide bonds. The zero-order valence-electron chi connectivity index (χ0n) is 10.5. The lowest BCUT2D eigenvalue weighted by molar-refractivity contribution is 0.278. The number of rotatable bonds is 5. The van der Waals surface area contributed by atoms with Crippen LogP contribution in [-0.4, -0.2) is 42.3 Å². The number of nitrogens with zero attached hydrogens (tertiary/aromatic N) is 1. The van der Waals surface area contributed by atoms with Crippen molar-refractivity contribution in [1.29, 1.82) is 0 Å². The molecule has 1 fully saturated rings. The zero-order valence-corrected chi connectivity index (χ0v) is 10.5. The van der Waals surface area contributed by atoms with E-state index in [0.29, 0.717) is 12.6 Å². The highest BCUT2D eigenvalue weighted by Crippen LogP contribution is 2.14. The molecule has 1 heterocycles. The first-order chi connectivity index (χ1) is 8.28. The Morgan fingerprint density at radius 1 is 1.47 bits per heavy atom. The van der Waals surface area contributed by atoms with E-state index in [2.05, 4.69) is 41.4 Å². The van der Waals surface area contributed by atoms with Gasteiger partial charge in [0.25, 0.3) is 0 Å². The van der Waals surface area contributed by atoms with Crippen LogP contribution in [-0.2, 0) is 6.54 Å². The van der Waals surface area contributed by atoms with E-state index < -0.39 is 0 Å². The van der Waals surface area contributed by atoms with Crippen LogP contribution in [0.5, 0.6) is 0 Å². The van der Waals surface area contributed by atoms with Gasteiger partial charge in [0.15, 0.2) is 0 Å². The van der Waals surface area contributed by atoms with Crippen molar-refractivity contribution in [2.24, 2.45) is 0 Å². The van der Waals surface area contributed by atoms with Gasteiger partial charge in [-0.3, -0.25) is 4.90 Å². The fourth-order valence-electron chi connectivity index (χ4n) is 2.48. The van der Waals surface area contributed by atoms with Gasteiger partial charge in [-0.1, -0.05) is 29.8 Å². The predicted octanol–water partition coefficient (Wildman–Crippen LogP) is 1.15. The van der Waals surface area contributed by atoms with Crippen LogP contribution in [0.15, 0.2) is 24.3 Å². The second-order valence-electron chi connectivity index (χ2n) is 4.89. The van der Waals surface area contributed by atoms with Crippen molar-refractivity contribution in [3.05, 3.63) is 35.4 Å². The first kappa shape index (κ1) is 12.6. The molecule has 3 nitrogen and oxygen atoms in total. The first-order valence-corrected chi connectivity index (χ1v) is 6.40. The molecule has 1 aliphatic heterocycles. The molecule has 1 aliphatic rings. The molecular formula is C14H22N2O. The van der Waals surface area contributed by atoms with Gasteiger partial charge < -0.3 is 10.4 Å². The lowest BCUT2D eigenvalue weighted by atomic mass is 10.1. The summed E-state index contributed by atoms with van der Waals surface area (Å²) >= 11 is 0. The van der Waals surface area contributed by atoms with Gasteiger partial charge >= 0.3 is 0 Å². The fraction of sp³-hybridized carbons (Fsp3) is 0.571. The highest BCUT2D eigenvalue weighted by Gasteiger charge is 2.21. The fourth-order valence-corrected chi connectivity index (χ4v) is 2.48. The summed E-state index contributed by atoms with van der Waals surface area (Å²) in [6, 6.07) is 9.27. The highest BCUT2D eigenvalue weighted by molar-refractivity contribution is 5.22. The van der Waals surface area contributed by atoms with Crippen LogP contribution in [0.1, 0.15) is 17.5 Å². The number of aryl methyl sites for hydroxylation is 1. The molecule has 2 N–H and O–H groups in total. The quantitative estimate of drug-likeness (QED) is 0.802. The van der Waals surface area contributed by atoms with Gasteiger partial charge in [0.05, 0.1) is 6.61 Å². The maximum absolute atomic E-state index is 8.78. The van der Waals surface area contributed by atoms with E-state index in [4.69, 9.17) is 5.11 Å². The monoisotopic (exact) mass is 234 g/mol. The molecule has 0 radical (unpaired) electrons. The predicted molar refractivity (Wildman–Crippen MR) is 69.9 cm³/mol. The van der Waals surface area contributed by atoms with Crippen molar-refractivity contribution in [2.75, 3.05) is 26.2 Å². The minimum atomic E-state index is 0.231. The maximum Gasteiger partial charge on any atom is 0.0556 e. The Labute approximate surface area is 103 Å². The summed E-state index contributed by atoms with van der Waals surface area (Å²) in [7, 11) is 0. The topological polar surface area (TPSA) is 35.5 Å². The minimum Gasteiger partial charge on any atom is -0.395 e. The van der Waals surface area contributed by atoms with Crippen LogP contribution in [0.25, 0.3) is 0 Å². The molecule has 2 rings (SSSR count). The Morgan fingerprint density at radius 2 is 2.35 bits per heavy atom. The van der Waals surface area contributed by atoms with Crippen molar-refractivity contribution in [3.63, 3.8) is 0 Å². The average Bonchev–Trinajstić information content (AvgIpc) is 2.74. The smallest absolute Gasteiger partial charge is 0.0556 e. The highest BCUT2D eigenvalue weighted by atomic mass is 16.3. The molecular weight excluding hydrogens is 212 g/mol. The standard InChI is InChI=1S/C14H22N2O/c1-12-3-2-4-13(9-12)10-16-7-5-14(11-16)15-6-8-17/h2-4,9,14-15,17H,5-8,10-11H2,1H3. The zero-order chi connectivity index (χ0) is 12.1. The van der Waals surface area contributed by atoms with E-state index >= 15 is 0 Å². The number of nitrogens with one attached hydrogen (secondary N) is 1. The second kappa shape index (κ2) is 6.15. The third-order valence-electron chi connectivity index (χ3n) is 3.31. The molecule has 0 aliphatic carbocycles. The number of aliphatic hydroxyl groups excluding tert-OH is 1. The molecule has 17 heavy (non-hydrogen) atoms. The Balaban J connectivity index is 1.81. The molecule has 1 unspecified atom stereocenters. The van der Waals surface area contributed by atoms with E-state index in [9.17, 15) is 0 Å². The first-order valence-electron chi connectivity index (χ1n) is 6.40. The van der Waals surface area contributed by atoms with Crippen LogP contribution in [0.2, 0.25) is 0 Å². The third kappa shape index (κ3) is 3.80. The summed E-state index contributed by atoms with van der Waals surface area (Å²) in [4.78, 5) is 2.48. The molecule has 1 aromatic rings. The van der Waals surface area contributed by atoms with Crippen molar-refractivity contribution in [3.8, 4) is 0 Å². The number of aliphatic hydroxyl groups is 1. The largest absolute Gasteiger partial charge is 0.395 e. The summed E-state index contributed by atoms with van der Waals surface area (Å²) in [5, 5.41) is 12.1. The summed E-state index contributed by atoms with van der Waals surface area (Å²) in [5.41, 5.74) is 2.73. The molecule has 0 aromatic heterocycles. The third-order valence-corrected chi connectivity index (χ3v) is 3.31. The van der Waals surface area contributed by atoms with Gasteiger partial charge in [0.2, 0.25) is 0 Å². The molecule has 1 saturated heterocycles. The Hall–Kier alpha value is -0.900. The van der Waals surface area contributed by atoms with Crippen LogP contribution < -0.4 is 5.32 Å². The van der Waals surface area contributed by atoms with Crippen LogP contribution in [0, 0.1) is 6.92 Å². The van der Waals surface area contributed by atoms with Crippen molar-refractivity contribution in [1.82, 2.24) is 10.2 Å². The number of likely N-dealkylation sites (tertiary alicyclic amines) is 1. The van der Waals surface area contributed by atoms with Crippen molar-refractivity contribution >= 4 is 0 Å². The normalized spacial score (nSPS) is 20.9. The molecule has 1 atom stereocenters. The SMILES string of the molecule is Cc1cccc(CN2CCC(NCCO)C2)c1. The Kier molecular flexibility index (Phi) is 4.54. The van der Waals surface area contributed by atoms with Crippen molar-refractivity contribution < 1.29 is 5.11 Å². The summed E-state index contributed by atoms with van der Waals surface area (Å²) in [6.45, 7) is 6.36. The molecule has 0 bridgehead atoms. The molecule has 1 aromatic carbocycles. The Bertz CT molecular complexity index is 354. The van der Waals surface area contributed by atoms with E-state index in [0.717, 1.165) is 19.6 Å². The minimum absolute atomic E-state index is 0.231. The van der Waals surface area contributed by atoms with Gasteiger partial charge in [0.1, 0.15) is 0 Å². The molecule has 0 saturated carbocycles. The van der Waals surface area contributed by atoms with Gasteiger partial charge in [-0.25, -0.2) is 0 Å². The lowest BCUT2D eigenvalue weighted by Crippen LogP contribution is -2.34. The van der Waals surface area contributed by atoms with Gasteiger partial charge in [0, 0.05) is 32.2 Å². The van der Waals surface area contributed by atoms with Crippen LogP contribution >= 0.6 is 0 Å². The lowest BCUT2D eigenvalue weighted by Gasteiger charge is -2.16. The number of hydrogen-bond donors (Lipinski definition) is 2. The van der Waals surface area contributed by atoms with Crippen molar-refractivity contribution in [2.45, 2.75) is 25.9 Å². The summed E-state index contributed by atoms with van der Waals surface area (Å²) in [5.74, 6) is 0. The molecule has 3 heteroatoms. The van der Waals surface area contributed by atoms with E-state index in [1.807, 2.05) is 0 Å². The number of hydrogen-bond acceptors (Lipinski definition) is 3. The second-order valence-corrected chi connectivity index (χ2v) is 4.89. The van der Waals surface area contributed by atoms with Gasteiger partial charge in [-0.15, -0.1) is 0 Å². The summed E-state index contributed by atoms with van der Waals surface area (Å²) < 4.78 is 0. The van der Waals surface area contributed by atoms with E-state index in [1.165, 1.54) is 17.5 Å². The molecule has 0 spiro atoms. The average molecular weight is 234 g/mol. The molecule has 94 valence electrons. The van der Waals surface area contributed by atoms with Crippen LogP contribution in [0.4, 0.5) is 0 Å². The maximum atomic E-state index is 8.78. The number of benzene rings is 1. The van der Waals surface area contributed by atoms with Gasteiger partial charge in [-0.05, 0) is 18.9 Å². The summed E-state index contributed by atoms with van der Waals surface area (Å²) in [6.07, 6.45) is 1.19.